The van der Waals surface area contributed by atoms with Crippen LogP contribution in [-0.2, 0) is 0 Å². The van der Waals surface area contributed by atoms with Crippen LogP contribution in [0.15, 0.2) is 10.6 Å². The van der Waals surface area contributed by atoms with E-state index in [1.54, 1.807) is 0 Å². The highest BCUT2D eigenvalue weighted by Gasteiger charge is 2.32. The first-order valence-electron chi connectivity index (χ1n) is 7.05. The Morgan fingerprint density at radius 3 is 3.05 bits per heavy atom. The van der Waals surface area contributed by atoms with Gasteiger partial charge in [0, 0.05) is 19.2 Å². The van der Waals surface area contributed by atoms with Crippen LogP contribution in [0.25, 0.3) is 0 Å². The van der Waals surface area contributed by atoms with Gasteiger partial charge in [-0.05, 0) is 32.1 Å². The zero-order chi connectivity index (χ0) is 13.8. The number of urea groups is 1. The Kier molecular flexibility index (Phi) is 4.45. The molecule has 1 aromatic heterocycles. The minimum absolute atomic E-state index is 0.0113. The average Bonchev–Trinajstić information content (AvgIpc) is 2.96. The second-order valence-corrected chi connectivity index (χ2v) is 5.64. The molecule has 1 N–H and O–H groups in total. The molecule has 0 radical (unpaired) electrons. The maximum atomic E-state index is 12.2. The Balaban J connectivity index is 1.93. The van der Waals surface area contributed by atoms with Crippen molar-refractivity contribution in [3.8, 4) is 0 Å². The lowest BCUT2D eigenvalue weighted by Gasteiger charge is -2.23. The molecule has 1 saturated heterocycles. The van der Waals surface area contributed by atoms with Gasteiger partial charge in [-0.15, -0.1) is 0 Å². The van der Waals surface area contributed by atoms with Crippen LogP contribution in [0.2, 0.25) is 0 Å². The van der Waals surface area contributed by atoms with Crippen molar-refractivity contribution >= 4 is 6.03 Å². The van der Waals surface area contributed by atoms with Gasteiger partial charge < -0.3 is 14.7 Å². The monoisotopic (exact) mass is 265 g/mol. The third-order valence-corrected chi connectivity index (χ3v) is 3.49. The van der Waals surface area contributed by atoms with E-state index in [4.69, 9.17) is 4.52 Å². The molecule has 5 nitrogen and oxygen atoms in total. The summed E-state index contributed by atoms with van der Waals surface area (Å²) in [6.07, 6.45) is 2.97. The summed E-state index contributed by atoms with van der Waals surface area (Å²) in [6.45, 7) is 7.73. The molecule has 1 aromatic rings. The zero-order valence-corrected chi connectivity index (χ0v) is 12.0. The smallest absolute Gasteiger partial charge is 0.318 e. The molecule has 1 aliphatic heterocycles. The number of amides is 2. The van der Waals surface area contributed by atoms with Crippen molar-refractivity contribution in [2.24, 2.45) is 5.92 Å². The van der Waals surface area contributed by atoms with Crippen LogP contribution in [0.1, 0.15) is 50.6 Å². The summed E-state index contributed by atoms with van der Waals surface area (Å²) in [4.78, 5) is 14.0. The lowest BCUT2D eigenvalue weighted by Crippen LogP contribution is -2.40. The molecule has 0 aromatic carbocycles. The Hall–Kier alpha value is -1.52. The van der Waals surface area contributed by atoms with E-state index in [0.29, 0.717) is 5.92 Å². The summed E-state index contributed by atoms with van der Waals surface area (Å²) in [5.41, 5.74) is 0.863. The van der Waals surface area contributed by atoms with Crippen LogP contribution in [-0.4, -0.2) is 29.2 Å². The first kappa shape index (κ1) is 13.9. The summed E-state index contributed by atoms with van der Waals surface area (Å²) in [5.74, 6) is 1.40. The number of likely N-dealkylation sites (tertiary alicyclic amines) is 1. The van der Waals surface area contributed by atoms with Crippen LogP contribution in [0.4, 0.5) is 4.79 Å². The number of aromatic nitrogens is 1. The fourth-order valence-electron chi connectivity index (χ4n) is 2.42. The highest BCUT2D eigenvalue weighted by Crippen LogP contribution is 2.32. The second kappa shape index (κ2) is 6.08. The number of rotatable bonds is 4. The second-order valence-electron chi connectivity index (χ2n) is 5.64. The molecule has 0 spiro atoms. The van der Waals surface area contributed by atoms with Gasteiger partial charge in [0.15, 0.2) is 5.76 Å². The minimum atomic E-state index is 0.0113. The minimum Gasteiger partial charge on any atom is -0.359 e. The van der Waals surface area contributed by atoms with Gasteiger partial charge in [-0.1, -0.05) is 19.0 Å². The number of hydrogen-bond acceptors (Lipinski definition) is 3. The average molecular weight is 265 g/mol. The summed E-state index contributed by atoms with van der Waals surface area (Å²) < 4.78 is 5.30. The van der Waals surface area contributed by atoms with Crippen LogP contribution in [0, 0.1) is 12.8 Å². The highest BCUT2D eigenvalue weighted by molar-refractivity contribution is 5.74. The van der Waals surface area contributed by atoms with Gasteiger partial charge >= 0.3 is 6.03 Å². The molecule has 0 saturated carbocycles. The fraction of sp³-hybridized carbons (Fsp3) is 0.714. The van der Waals surface area contributed by atoms with Crippen LogP contribution in [0.5, 0.6) is 0 Å². The van der Waals surface area contributed by atoms with Crippen molar-refractivity contribution in [1.29, 1.82) is 0 Å². The van der Waals surface area contributed by atoms with E-state index in [1.807, 2.05) is 17.9 Å². The first-order valence-corrected chi connectivity index (χ1v) is 7.05. The molecule has 2 rings (SSSR count). The summed E-state index contributed by atoms with van der Waals surface area (Å²) in [6, 6.07) is 1.97. The number of nitrogens with zero attached hydrogens (tertiary/aromatic N) is 2. The molecule has 19 heavy (non-hydrogen) atoms. The van der Waals surface area contributed by atoms with Gasteiger partial charge in [-0.2, -0.15) is 0 Å². The van der Waals surface area contributed by atoms with Crippen molar-refractivity contribution in [1.82, 2.24) is 15.4 Å². The van der Waals surface area contributed by atoms with Crippen LogP contribution in [0.3, 0.4) is 0 Å². The van der Waals surface area contributed by atoms with E-state index in [9.17, 15) is 4.79 Å². The third kappa shape index (κ3) is 3.49. The zero-order valence-electron chi connectivity index (χ0n) is 12.0. The molecule has 1 fully saturated rings. The highest BCUT2D eigenvalue weighted by atomic mass is 16.5. The molecule has 1 aliphatic rings. The predicted molar refractivity (Wildman–Crippen MR) is 72.8 cm³/mol. The van der Waals surface area contributed by atoms with Crippen molar-refractivity contribution in [2.45, 2.75) is 46.1 Å². The molecule has 5 heteroatoms. The number of aryl methyl sites for hydroxylation is 1. The van der Waals surface area contributed by atoms with Crippen molar-refractivity contribution < 1.29 is 9.32 Å². The lowest BCUT2D eigenvalue weighted by atomic mass is 10.1. The van der Waals surface area contributed by atoms with Gasteiger partial charge in [0.1, 0.15) is 0 Å². The van der Waals surface area contributed by atoms with E-state index in [0.717, 1.165) is 43.8 Å². The molecule has 1 atom stereocenters. The van der Waals surface area contributed by atoms with E-state index in [2.05, 4.69) is 24.3 Å². The molecule has 106 valence electrons. The van der Waals surface area contributed by atoms with Crippen molar-refractivity contribution in [3.63, 3.8) is 0 Å². The third-order valence-electron chi connectivity index (χ3n) is 3.49. The molecule has 2 amide bonds. The lowest BCUT2D eigenvalue weighted by molar-refractivity contribution is 0.182. The van der Waals surface area contributed by atoms with Crippen LogP contribution < -0.4 is 5.32 Å². The fourth-order valence-corrected chi connectivity index (χ4v) is 2.42. The quantitative estimate of drug-likeness (QED) is 0.910. The summed E-state index contributed by atoms with van der Waals surface area (Å²) >= 11 is 0. The normalized spacial score (nSPS) is 19.2. The molecule has 2 heterocycles. The van der Waals surface area contributed by atoms with Crippen molar-refractivity contribution in [3.05, 3.63) is 17.5 Å². The SMILES string of the molecule is Cc1cc([C@H]2CCCN2C(=O)NCCC(C)C)on1. The van der Waals surface area contributed by atoms with Gasteiger partial charge in [-0.3, -0.25) is 0 Å². The van der Waals surface area contributed by atoms with Gasteiger partial charge in [0.2, 0.25) is 0 Å². The van der Waals surface area contributed by atoms with Gasteiger partial charge in [0.05, 0.1) is 11.7 Å². The molecule has 0 unspecified atom stereocenters. The topological polar surface area (TPSA) is 58.4 Å². The van der Waals surface area contributed by atoms with Gasteiger partial charge in [-0.25, -0.2) is 4.79 Å². The number of hydrogen-bond donors (Lipinski definition) is 1. The maximum Gasteiger partial charge on any atom is 0.318 e. The molecule has 0 aliphatic carbocycles. The van der Waals surface area contributed by atoms with E-state index >= 15 is 0 Å². The summed E-state index contributed by atoms with van der Waals surface area (Å²) in [7, 11) is 0. The van der Waals surface area contributed by atoms with E-state index in [1.165, 1.54) is 0 Å². The predicted octanol–water partition coefficient (Wildman–Crippen LogP) is 2.88. The van der Waals surface area contributed by atoms with E-state index in [-0.39, 0.29) is 12.1 Å². The number of nitrogens with one attached hydrogen (secondary N) is 1. The summed E-state index contributed by atoms with van der Waals surface area (Å²) in [5, 5.41) is 6.89. The number of carbonyl (C=O) groups is 1. The Morgan fingerprint density at radius 2 is 2.42 bits per heavy atom. The first-order chi connectivity index (χ1) is 9.08. The van der Waals surface area contributed by atoms with E-state index < -0.39 is 0 Å². The Bertz CT molecular complexity index is 428. The Morgan fingerprint density at radius 1 is 1.63 bits per heavy atom. The maximum absolute atomic E-state index is 12.2. The van der Waals surface area contributed by atoms with Crippen molar-refractivity contribution in [2.75, 3.05) is 13.1 Å². The Labute approximate surface area is 114 Å². The molecular formula is C14H23N3O2. The molecular weight excluding hydrogens is 242 g/mol. The molecule has 0 bridgehead atoms. The standard InChI is InChI=1S/C14H23N3O2/c1-10(2)6-7-15-14(18)17-8-4-5-12(17)13-9-11(3)16-19-13/h9-10,12H,4-8H2,1-3H3,(H,15,18)/t12-/m1/s1. The largest absolute Gasteiger partial charge is 0.359 e. The van der Waals surface area contributed by atoms with Crippen LogP contribution >= 0.6 is 0 Å². The number of carbonyl (C=O) groups excluding carboxylic acids is 1. The van der Waals surface area contributed by atoms with Gasteiger partial charge in [0.25, 0.3) is 0 Å².